The second-order valence-electron chi connectivity index (χ2n) is 16.0. The molecule has 2 aromatic carbocycles. The van der Waals surface area contributed by atoms with Crippen molar-refractivity contribution in [3.05, 3.63) is 70.8 Å². The van der Waals surface area contributed by atoms with Crippen molar-refractivity contribution in [2.24, 2.45) is 16.7 Å². The zero-order valence-corrected chi connectivity index (χ0v) is 36.2. The number of aliphatic hydroxyl groups excluding tert-OH is 1. The molecule has 0 spiro atoms. The molecule has 0 atom stereocenters. The summed E-state index contributed by atoms with van der Waals surface area (Å²) in [6.45, 7) is 25.3. The van der Waals surface area contributed by atoms with Gasteiger partial charge in [-0.25, -0.2) is 4.98 Å². The van der Waals surface area contributed by atoms with Gasteiger partial charge in [0, 0.05) is 64.4 Å². The van der Waals surface area contributed by atoms with Gasteiger partial charge in [-0.1, -0.05) is 87.3 Å². The zero-order valence-electron chi connectivity index (χ0n) is 33.0. The Balaban J connectivity index is 0.000000289. The van der Waals surface area contributed by atoms with E-state index in [1.54, 1.807) is 17.7 Å². The number of hydrogen-bond acceptors (Lipinski definition) is 7. The molecule has 281 valence electrons. The molecule has 0 saturated heterocycles. The largest absolute Gasteiger partial charge is 0.512 e. The fourth-order valence-corrected chi connectivity index (χ4v) is 7.69. The molecule has 4 aromatic heterocycles. The van der Waals surface area contributed by atoms with E-state index in [1.807, 2.05) is 48.5 Å². The molecule has 4 heterocycles. The maximum absolute atomic E-state index is 12.2. The molecule has 52 heavy (non-hydrogen) atoms. The number of allylic oxidation sites excluding steroid dienone is 2. The number of nitrogens with zero attached hydrogens (tertiary/aromatic N) is 2. The molecule has 0 aliphatic rings. The number of aryl methyl sites for hydroxylation is 1. The average molecular weight is 900 g/mol. The van der Waals surface area contributed by atoms with E-state index in [0.29, 0.717) is 11.6 Å². The van der Waals surface area contributed by atoms with E-state index in [-0.39, 0.29) is 47.9 Å². The van der Waals surface area contributed by atoms with Crippen molar-refractivity contribution >= 4 is 60.2 Å². The number of thiophene rings is 1. The van der Waals surface area contributed by atoms with Gasteiger partial charge in [-0.2, -0.15) is 11.3 Å². The van der Waals surface area contributed by atoms with Crippen LogP contribution >= 0.6 is 11.3 Å². The number of carbonyl (C=O) groups is 1. The fraction of sp³-hybridized carbons (Fsp3) is 0.477. The minimum Gasteiger partial charge on any atom is -0.512 e. The van der Waals surface area contributed by atoms with Gasteiger partial charge in [0.2, 0.25) is 5.71 Å². The van der Waals surface area contributed by atoms with Crippen LogP contribution in [0.5, 0.6) is 0 Å². The molecule has 0 aliphatic heterocycles. The first-order chi connectivity index (χ1) is 24.0. The number of carbonyl (C=O) groups excluding carboxylic acids is 1. The van der Waals surface area contributed by atoms with Crippen LogP contribution in [-0.4, -0.2) is 20.9 Å². The van der Waals surface area contributed by atoms with Gasteiger partial charge in [0.15, 0.2) is 5.78 Å². The zero-order chi connectivity index (χ0) is 37.5. The summed E-state index contributed by atoms with van der Waals surface area (Å²) in [7, 11) is 0. The third-order valence-electron chi connectivity index (χ3n) is 11.1. The first-order valence-electron chi connectivity index (χ1n) is 18.5. The molecule has 0 aliphatic carbocycles. The number of hydrogen-bond donors (Lipinski definition) is 1. The van der Waals surface area contributed by atoms with Gasteiger partial charge in [0.05, 0.1) is 0 Å². The van der Waals surface area contributed by atoms with Crippen LogP contribution in [0.4, 0.5) is 0 Å². The van der Waals surface area contributed by atoms with E-state index in [1.165, 1.54) is 21.9 Å². The maximum Gasteiger partial charge on any atom is 0.223 e. The normalized spacial score (nSPS) is 12.9. The van der Waals surface area contributed by atoms with Crippen molar-refractivity contribution in [3.8, 4) is 11.3 Å². The SMILES string of the molecule is CCC(C)(CC)C(=O)/C=C(\O)C(C)(CC)CC.Cc1oc2cc3c(cc2c1CC(C)C)oc1ncnc(-c2[c-]c4ccsc4c(C(C)(C)C)c2)c13.[Ir]. The monoisotopic (exact) mass is 900 g/mol. The quantitative estimate of drug-likeness (QED) is 0.0837. The smallest absolute Gasteiger partial charge is 0.223 e. The predicted molar refractivity (Wildman–Crippen MR) is 214 cm³/mol. The van der Waals surface area contributed by atoms with E-state index in [4.69, 9.17) is 13.8 Å². The van der Waals surface area contributed by atoms with E-state index in [2.05, 4.69) is 75.3 Å². The minimum atomic E-state index is -0.337. The molecule has 1 radical (unpaired) electrons. The Kier molecular flexibility index (Phi) is 12.7. The first kappa shape index (κ1) is 41.4. The fourth-order valence-electron chi connectivity index (χ4n) is 6.61. The third-order valence-corrected chi connectivity index (χ3v) is 12.1. The number of fused-ring (bicyclic) bond motifs is 5. The van der Waals surface area contributed by atoms with Gasteiger partial charge in [0.25, 0.3) is 0 Å². The van der Waals surface area contributed by atoms with Crippen LogP contribution in [-0.2, 0) is 36.7 Å². The van der Waals surface area contributed by atoms with E-state index in [9.17, 15) is 9.90 Å². The Labute approximate surface area is 326 Å². The second kappa shape index (κ2) is 16.0. The van der Waals surface area contributed by atoms with Crippen LogP contribution in [0, 0.1) is 29.7 Å². The topological polar surface area (TPSA) is 89.4 Å². The van der Waals surface area contributed by atoms with Crippen molar-refractivity contribution < 1.29 is 38.8 Å². The van der Waals surface area contributed by atoms with Gasteiger partial charge in [-0.3, -0.25) is 9.78 Å². The van der Waals surface area contributed by atoms with Gasteiger partial charge >= 0.3 is 0 Å². The van der Waals surface area contributed by atoms with Crippen molar-refractivity contribution in [2.75, 3.05) is 0 Å². The van der Waals surface area contributed by atoms with Gasteiger partial charge in [0.1, 0.15) is 29.0 Å². The second-order valence-corrected chi connectivity index (χ2v) is 16.9. The van der Waals surface area contributed by atoms with Gasteiger partial charge in [-0.05, 0) is 72.6 Å². The van der Waals surface area contributed by atoms with E-state index >= 15 is 0 Å². The number of aromatic nitrogens is 2. The molecule has 1 N–H and O–H groups in total. The molecule has 6 nitrogen and oxygen atoms in total. The summed E-state index contributed by atoms with van der Waals surface area (Å²) in [5, 5.41) is 16.4. The van der Waals surface area contributed by atoms with Crippen LogP contribution in [0.1, 0.15) is 119 Å². The molecule has 8 heteroatoms. The summed E-state index contributed by atoms with van der Waals surface area (Å²) in [5.74, 6) is 1.81. The van der Waals surface area contributed by atoms with Crippen LogP contribution in [0.25, 0.3) is 54.4 Å². The van der Waals surface area contributed by atoms with Crippen LogP contribution < -0.4 is 0 Å². The summed E-state index contributed by atoms with van der Waals surface area (Å²) < 4.78 is 13.7. The van der Waals surface area contributed by atoms with Crippen LogP contribution in [0.2, 0.25) is 0 Å². The number of furan rings is 2. The molecule has 0 fully saturated rings. The minimum absolute atomic E-state index is 0. The molecule has 6 rings (SSSR count). The first-order valence-corrected chi connectivity index (χ1v) is 19.4. The summed E-state index contributed by atoms with van der Waals surface area (Å²) in [4.78, 5) is 21.4. The van der Waals surface area contributed by atoms with Crippen molar-refractivity contribution in [3.63, 3.8) is 0 Å². The van der Waals surface area contributed by atoms with E-state index < -0.39 is 0 Å². The molecule has 0 amide bonds. The summed E-state index contributed by atoms with van der Waals surface area (Å²) in [5.41, 5.74) is 6.03. The Morgan fingerprint density at radius 3 is 2.13 bits per heavy atom. The molecule has 0 saturated carbocycles. The standard InChI is InChI=1S/C29H27N2O2S.C15H28O2.Ir/c1-15(2)9-19-16(3)32-23-13-21-24(12-20(19)23)33-28-25(21)26(30-14-31-28)18-10-17-7-8-34-27(17)22(11-18)29(4,5)6;1-7-14(5,8-2)12(16)11-13(17)15(6,9-3)10-4;/h7-8,11-15H,9H2,1-6H3;11,16H,7-10H2,1-6H3;/q-1;;/b;12-11-;. The van der Waals surface area contributed by atoms with Crippen LogP contribution in [0.15, 0.2) is 56.6 Å². The number of aliphatic hydroxyl groups is 1. The Hall–Kier alpha value is -3.32. The molecule has 0 bridgehead atoms. The van der Waals surface area contributed by atoms with Gasteiger partial charge < -0.3 is 13.9 Å². The summed E-state index contributed by atoms with van der Waals surface area (Å²) in [6, 6.07) is 12.2. The maximum atomic E-state index is 12.2. The number of rotatable bonds is 10. The Morgan fingerprint density at radius 1 is 0.923 bits per heavy atom. The molecule has 6 aromatic rings. The average Bonchev–Trinajstić information content (AvgIpc) is 3.80. The van der Waals surface area contributed by atoms with Crippen molar-refractivity contribution in [2.45, 2.75) is 121 Å². The van der Waals surface area contributed by atoms with E-state index in [0.717, 1.165) is 81.8 Å². The van der Waals surface area contributed by atoms with Gasteiger partial charge in [-0.15, -0.1) is 23.6 Å². The predicted octanol–water partition coefficient (Wildman–Crippen LogP) is 13.3. The summed E-state index contributed by atoms with van der Waals surface area (Å²) >= 11 is 1.77. The van der Waals surface area contributed by atoms with Crippen molar-refractivity contribution in [1.82, 2.24) is 9.97 Å². The van der Waals surface area contributed by atoms with Crippen molar-refractivity contribution in [1.29, 1.82) is 0 Å². The number of ketones is 1. The Bertz CT molecular complexity index is 2220. The number of benzene rings is 2. The summed E-state index contributed by atoms with van der Waals surface area (Å²) in [6.07, 6.45) is 7.31. The molecular weight excluding hydrogens is 845 g/mol. The third kappa shape index (κ3) is 7.95. The molecule has 0 unspecified atom stereocenters. The molecular formula is C44H55IrN2O4S-. The van der Waals surface area contributed by atoms with Crippen LogP contribution in [0.3, 0.4) is 0 Å². The Morgan fingerprint density at radius 2 is 1.54 bits per heavy atom.